The van der Waals surface area contributed by atoms with Crippen molar-refractivity contribution in [1.82, 2.24) is 0 Å². The molecule has 0 heterocycles. The summed E-state index contributed by atoms with van der Waals surface area (Å²) in [5.74, 6) is 0.573. The van der Waals surface area contributed by atoms with E-state index in [1.54, 1.807) is 60.7 Å². The maximum Gasteiger partial charge on any atom is 2.00 e. The fourth-order valence-corrected chi connectivity index (χ4v) is 2.06. The monoisotopic (exact) mass is 390 g/mol. The van der Waals surface area contributed by atoms with Crippen LogP contribution in [0.15, 0.2) is 60.7 Å². The van der Waals surface area contributed by atoms with E-state index in [1.165, 1.54) is 0 Å². The molecule has 2 rings (SSSR count). The molecule has 0 saturated carbocycles. The van der Waals surface area contributed by atoms with E-state index in [4.69, 9.17) is 9.05 Å². The fourth-order valence-electron chi connectivity index (χ4n) is 1.25. The van der Waals surface area contributed by atoms with Gasteiger partial charge in [0.05, 0.1) is 0 Å². The van der Waals surface area contributed by atoms with E-state index < -0.39 is 7.82 Å². The van der Waals surface area contributed by atoms with Gasteiger partial charge in [-0.3, -0.25) is 4.89 Å². The number of hydrogen-bond acceptors (Lipinski definition) is 3. The van der Waals surface area contributed by atoms with Gasteiger partial charge in [-0.25, -0.2) is 4.57 Å². The number of benzene rings is 2. The maximum absolute atomic E-state index is 11.7. The van der Waals surface area contributed by atoms with Crippen LogP contribution in [0, 0.1) is 0 Å². The summed E-state index contributed by atoms with van der Waals surface area (Å²) in [6, 6.07) is 16.7. The Morgan fingerprint density at radius 3 is 1.50 bits per heavy atom. The van der Waals surface area contributed by atoms with Gasteiger partial charge in [0.25, 0.3) is 0 Å². The normalized spacial score (nSPS) is 10.3. The van der Waals surface area contributed by atoms with Crippen molar-refractivity contribution in [3.05, 3.63) is 60.7 Å². The van der Waals surface area contributed by atoms with E-state index in [0.717, 1.165) is 0 Å². The molecule has 92 valence electrons. The average Bonchev–Trinajstić information content (AvgIpc) is 2.30. The van der Waals surface area contributed by atoms with Crippen LogP contribution in [0.1, 0.15) is 2.85 Å². The van der Waals surface area contributed by atoms with Crippen molar-refractivity contribution in [3.63, 3.8) is 0 Å². The molecule has 0 aliphatic heterocycles. The standard InChI is InChI=1S/C12H11O4P.Ba.2H/c13-17(14,15-11-7-3-1-4-8-11)16-12-9-5-2-6-10-12;;;/h1-10H,(H,13,14);;;/q;+2;2*-1. The number of phosphoric ester groups is 1. The van der Waals surface area contributed by atoms with Crippen molar-refractivity contribution in [2.75, 3.05) is 0 Å². The second-order valence-electron chi connectivity index (χ2n) is 3.28. The molecule has 0 spiro atoms. The Morgan fingerprint density at radius 2 is 1.17 bits per heavy atom. The van der Waals surface area contributed by atoms with E-state index in [0.29, 0.717) is 0 Å². The average molecular weight is 390 g/mol. The molecular formula is C12H13BaO4P. The van der Waals surface area contributed by atoms with Crippen molar-refractivity contribution in [2.45, 2.75) is 0 Å². The Morgan fingerprint density at radius 1 is 0.833 bits per heavy atom. The third kappa shape index (κ3) is 5.20. The second kappa shape index (κ2) is 7.41. The first-order chi connectivity index (χ1) is 8.16. The molecule has 18 heavy (non-hydrogen) atoms. The molecule has 0 atom stereocenters. The van der Waals surface area contributed by atoms with Gasteiger partial charge < -0.3 is 11.9 Å². The number of para-hydroxylation sites is 2. The molecule has 6 heteroatoms. The van der Waals surface area contributed by atoms with Crippen LogP contribution in [0.5, 0.6) is 11.5 Å². The summed E-state index contributed by atoms with van der Waals surface area (Å²) in [5, 5.41) is 0. The van der Waals surface area contributed by atoms with Crippen molar-refractivity contribution in [3.8, 4) is 11.5 Å². The van der Waals surface area contributed by atoms with E-state index in [9.17, 15) is 9.46 Å². The molecule has 0 fully saturated rings. The molecule has 2 aromatic carbocycles. The third-order valence-corrected chi connectivity index (χ3v) is 2.81. The van der Waals surface area contributed by atoms with Gasteiger partial charge in [-0.15, -0.1) is 0 Å². The van der Waals surface area contributed by atoms with E-state index in [-0.39, 0.29) is 63.2 Å². The topological polar surface area (TPSA) is 55.8 Å². The van der Waals surface area contributed by atoms with Gasteiger partial charge in [0.15, 0.2) is 0 Å². The Bertz CT molecular complexity index is 482. The van der Waals surface area contributed by atoms with Crippen LogP contribution in [-0.2, 0) is 4.57 Å². The Kier molecular flexibility index (Phi) is 6.52. The van der Waals surface area contributed by atoms with Crippen molar-refractivity contribution >= 4 is 56.7 Å². The van der Waals surface area contributed by atoms with Crippen LogP contribution in [-0.4, -0.2) is 53.8 Å². The van der Waals surface area contributed by atoms with Crippen LogP contribution >= 0.6 is 7.82 Å². The molecule has 0 aliphatic rings. The minimum atomic E-state index is -4.14. The molecule has 4 nitrogen and oxygen atoms in total. The van der Waals surface area contributed by atoms with Gasteiger partial charge in [-0.1, -0.05) is 36.4 Å². The molecule has 0 radical (unpaired) electrons. The zero-order chi connectivity index (χ0) is 12.1. The van der Waals surface area contributed by atoms with Gasteiger partial charge in [0, 0.05) is 0 Å². The van der Waals surface area contributed by atoms with Crippen LogP contribution < -0.4 is 9.05 Å². The summed E-state index contributed by atoms with van der Waals surface area (Å²) in [6.07, 6.45) is 0. The largest absolute Gasteiger partial charge is 2.00 e. The molecule has 0 bridgehead atoms. The van der Waals surface area contributed by atoms with Crippen molar-refractivity contribution in [1.29, 1.82) is 0 Å². The summed E-state index contributed by atoms with van der Waals surface area (Å²) in [5.41, 5.74) is 0. The SMILES string of the molecule is O=P(O)(Oc1ccccc1)Oc1ccccc1.[Ba+2].[H-].[H-]. The molecule has 1 N–H and O–H groups in total. The van der Waals surface area contributed by atoms with Crippen molar-refractivity contribution in [2.24, 2.45) is 0 Å². The molecule has 0 unspecified atom stereocenters. The number of hydrogen-bond donors (Lipinski definition) is 1. The third-order valence-electron chi connectivity index (χ3n) is 1.93. The zero-order valence-corrected chi connectivity index (χ0v) is 14.9. The molecule has 0 amide bonds. The van der Waals surface area contributed by atoms with Crippen LogP contribution in [0.2, 0.25) is 0 Å². The quantitative estimate of drug-likeness (QED) is 0.645. The first-order valence-corrected chi connectivity index (χ1v) is 6.47. The Balaban J connectivity index is 0. The summed E-state index contributed by atoms with van der Waals surface area (Å²) < 4.78 is 21.5. The fraction of sp³-hybridized carbons (Fsp3) is 0. The summed E-state index contributed by atoms with van der Waals surface area (Å²) in [4.78, 5) is 9.53. The molecule has 0 saturated heterocycles. The summed E-state index contributed by atoms with van der Waals surface area (Å²) >= 11 is 0. The van der Waals surface area contributed by atoms with Crippen LogP contribution in [0.4, 0.5) is 0 Å². The molecule has 2 aromatic rings. The smallest absolute Gasteiger partial charge is 1.00 e. The Labute approximate surface area is 149 Å². The van der Waals surface area contributed by atoms with E-state index in [2.05, 4.69) is 0 Å². The maximum atomic E-state index is 11.7. The van der Waals surface area contributed by atoms with Gasteiger partial charge >= 0.3 is 56.7 Å². The van der Waals surface area contributed by atoms with Gasteiger partial charge in [-0.05, 0) is 24.3 Å². The molecular weight excluding hydrogens is 376 g/mol. The second-order valence-corrected chi connectivity index (χ2v) is 4.58. The Hall–Kier alpha value is -0.199. The summed E-state index contributed by atoms with van der Waals surface area (Å²) in [7, 11) is -4.14. The van der Waals surface area contributed by atoms with Gasteiger partial charge in [0.1, 0.15) is 11.5 Å². The van der Waals surface area contributed by atoms with Gasteiger partial charge in [0.2, 0.25) is 0 Å². The van der Waals surface area contributed by atoms with Gasteiger partial charge in [-0.2, -0.15) is 0 Å². The first-order valence-electron chi connectivity index (χ1n) is 4.98. The van der Waals surface area contributed by atoms with Crippen LogP contribution in [0.25, 0.3) is 0 Å². The minimum Gasteiger partial charge on any atom is -1.00 e. The summed E-state index contributed by atoms with van der Waals surface area (Å²) in [6.45, 7) is 0. The van der Waals surface area contributed by atoms with E-state index in [1.807, 2.05) is 0 Å². The molecule has 0 aliphatic carbocycles. The van der Waals surface area contributed by atoms with Crippen molar-refractivity contribution < 1.29 is 21.4 Å². The number of phosphoric acid groups is 1. The van der Waals surface area contributed by atoms with E-state index >= 15 is 0 Å². The number of rotatable bonds is 4. The first kappa shape index (κ1) is 15.9. The zero-order valence-electron chi connectivity index (χ0n) is 11.6. The predicted molar refractivity (Wildman–Crippen MR) is 71.9 cm³/mol. The minimum absolute atomic E-state index is 0. The van der Waals surface area contributed by atoms with Crippen LogP contribution in [0.3, 0.4) is 0 Å². The molecule has 0 aromatic heterocycles. The predicted octanol–water partition coefficient (Wildman–Crippen LogP) is 3.09.